The average Bonchev–Trinajstić information content (AvgIpc) is 2.83. The van der Waals surface area contributed by atoms with Crippen LogP contribution in [-0.4, -0.2) is 10.1 Å². The number of rotatable bonds is 2. The predicted molar refractivity (Wildman–Crippen MR) is 74.9 cm³/mol. The number of nitrogens with zero attached hydrogens (tertiary/aromatic N) is 1. The number of thiophene rings is 1. The van der Waals surface area contributed by atoms with Crippen molar-refractivity contribution < 1.29 is 5.11 Å². The SMILES string of the molecule is Cc1ccsc1C(O)c1cncc2ccccc12. The minimum atomic E-state index is -0.594. The monoisotopic (exact) mass is 255 g/mol. The smallest absolute Gasteiger partial charge is 0.116 e. The van der Waals surface area contributed by atoms with E-state index >= 15 is 0 Å². The Kier molecular flexibility index (Phi) is 2.86. The molecule has 0 bridgehead atoms. The van der Waals surface area contributed by atoms with Crippen molar-refractivity contribution in [1.82, 2.24) is 4.98 Å². The third-order valence-electron chi connectivity index (χ3n) is 3.14. The van der Waals surface area contributed by atoms with Gasteiger partial charge in [-0.2, -0.15) is 0 Å². The molecule has 2 aromatic heterocycles. The van der Waals surface area contributed by atoms with Crippen molar-refractivity contribution >= 4 is 22.1 Å². The van der Waals surface area contributed by atoms with Crippen molar-refractivity contribution in [3.8, 4) is 0 Å². The summed E-state index contributed by atoms with van der Waals surface area (Å²) in [6.45, 7) is 2.02. The van der Waals surface area contributed by atoms with E-state index in [0.29, 0.717) is 0 Å². The molecular formula is C15H13NOS. The number of hydrogen-bond acceptors (Lipinski definition) is 3. The minimum absolute atomic E-state index is 0.594. The van der Waals surface area contributed by atoms with E-state index in [-0.39, 0.29) is 0 Å². The van der Waals surface area contributed by atoms with Crippen LogP contribution in [0.5, 0.6) is 0 Å². The molecule has 1 aromatic carbocycles. The molecular weight excluding hydrogens is 242 g/mol. The zero-order chi connectivity index (χ0) is 12.5. The van der Waals surface area contributed by atoms with Gasteiger partial charge in [0.25, 0.3) is 0 Å². The fraction of sp³-hybridized carbons (Fsp3) is 0.133. The van der Waals surface area contributed by atoms with E-state index < -0.39 is 6.10 Å². The number of pyridine rings is 1. The summed E-state index contributed by atoms with van der Waals surface area (Å²) in [5, 5.41) is 14.7. The summed E-state index contributed by atoms with van der Waals surface area (Å²) in [5.74, 6) is 0. The van der Waals surface area contributed by atoms with Crippen molar-refractivity contribution in [3.05, 3.63) is 64.1 Å². The molecule has 3 rings (SSSR count). The summed E-state index contributed by atoms with van der Waals surface area (Å²) < 4.78 is 0. The first-order chi connectivity index (χ1) is 8.77. The zero-order valence-corrected chi connectivity index (χ0v) is 10.8. The molecule has 0 amide bonds. The predicted octanol–water partition coefficient (Wildman–Crippen LogP) is 3.69. The molecule has 1 unspecified atom stereocenters. The van der Waals surface area contributed by atoms with Crippen LogP contribution in [0, 0.1) is 6.92 Å². The van der Waals surface area contributed by atoms with Crippen molar-refractivity contribution in [2.24, 2.45) is 0 Å². The van der Waals surface area contributed by atoms with Gasteiger partial charge in [0, 0.05) is 28.2 Å². The fourth-order valence-electron chi connectivity index (χ4n) is 2.16. The number of aromatic nitrogens is 1. The van der Waals surface area contributed by atoms with Crippen molar-refractivity contribution in [2.45, 2.75) is 13.0 Å². The van der Waals surface area contributed by atoms with Gasteiger partial charge >= 0.3 is 0 Å². The van der Waals surface area contributed by atoms with Gasteiger partial charge in [0.2, 0.25) is 0 Å². The van der Waals surface area contributed by atoms with Crippen molar-refractivity contribution in [1.29, 1.82) is 0 Å². The van der Waals surface area contributed by atoms with Crippen LogP contribution in [0.3, 0.4) is 0 Å². The van der Waals surface area contributed by atoms with Gasteiger partial charge in [-0.05, 0) is 29.3 Å². The van der Waals surface area contributed by atoms with Gasteiger partial charge in [0.15, 0.2) is 0 Å². The van der Waals surface area contributed by atoms with Crippen molar-refractivity contribution in [2.75, 3.05) is 0 Å². The average molecular weight is 255 g/mol. The fourth-order valence-corrected chi connectivity index (χ4v) is 3.09. The lowest BCUT2D eigenvalue weighted by Crippen LogP contribution is -2.00. The summed E-state index contributed by atoms with van der Waals surface area (Å²) in [5.41, 5.74) is 2.00. The molecule has 2 heterocycles. The van der Waals surface area contributed by atoms with Crippen LogP contribution in [0.2, 0.25) is 0 Å². The van der Waals surface area contributed by atoms with Crippen LogP contribution in [-0.2, 0) is 0 Å². The highest BCUT2D eigenvalue weighted by Gasteiger charge is 2.16. The molecule has 90 valence electrons. The van der Waals surface area contributed by atoms with E-state index in [1.54, 1.807) is 17.5 Å². The largest absolute Gasteiger partial charge is 0.383 e. The minimum Gasteiger partial charge on any atom is -0.383 e. The van der Waals surface area contributed by atoms with E-state index in [1.807, 2.05) is 48.8 Å². The van der Waals surface area contributed by atoms with E-state index in [1.165, 1.54) is 0 Å². The maximum Gasteiger partial charge on any atom is 0.116 e. The molecule has 1 atom stereocenters. The first-order valence-corrected chi connectivity index (χ1v) is 6.70. The molecule has 3 heteroatoms. The molecule has 0 aliphatic heterocycles. The first kappa shape index (κ1) is 11.4. The Morgan fingerprint density at radius 2 is 2.00 bits per heavy atom. The number of aliphatic hydroxyl groups is 1. The highest BCUT2D eigenvalue weighted by molar-refractivity contribution is 7.10. The maximum atomic E-state index is 10.5. The number of fused-ring (bicyclic) bond motifs is 1. The van der Waals surface area contributed by atoms with Crippen LogP contribution in [0.1, 0.15) is 22.1 Å². The normalized spacial score (nSPS) is 12.8. The maximum absolute atomic E-state index is 10.5. The first-order valence-electron chi connectivity index (χ1n) is 5.82. The molecule has 0 aliphatic carbocycles. The molecule has 1 N–H and O–H groups in total. The van der Waals surface area contributed by atoms with Gasteiger partial charge in [-0.3, -0.25) is 4.98 Å². The highest BCUT2D eigenvalue weighted by atomic mass is 32.1. The second-order valence-electron chi connectivity index (χ2n) is 4.32. The standard InChI is InChI=1S/C15H13NOS/c1-10-6-7-18-15(10)14(17)13-9-16-8-11-4-2-3-5-12(11)13/h2-9,14,17H,1H3. The number of aryl methyl sites for hydroxylation is 1. The summed E-state index contributed by atoms with van der Waals surface area (Å²) in [4.78, 5) is 5.21. The molecule has 18 heavy (non-hydrogen) atoms. The Balaban J connectivity index is 2.18. The van der Waals surface area contributed by atoms with Crippen LogP contribution in [0.25, 0.3) is 10.8 Å². The van der Waals surface area contributed by atoms with Crippen LogP contribution in [0.4, 0.5) is 0 Å². The molecule has 2 nitrogen and oxygen atoms in total. The molecule has 0 spiro atoms. The quantitative estimate of drug-likeness (QED) is 0.757. The molecule has 0 saturated carbocycles. The van der Waals surface area contributed by atoms with Crippen molar-refractivity contribution in [3.63, 3.8) is 0 Å². The molecule has 0 aliphatic rings. The Morgan fingerprint density at radius 1 is 1.17 bits per heavy atom. The summed E-state index contributed by atoms with van der Waals surface area (Å²) in [6.07, 6.45) is 2.99. The number of benzene rings is 1. The topological polar surface area (TPSA) is 33.1 Å². The Hall–Kier alpha value is -1.71. The van der Waals surface area contributed by atoms with Crippen LogP contribution < -0.4 is 0 Å². The number of aliphatic hydroxyl groups excluding tert-OH is 1. The van der Waals surface area contributed by atoms with Gasteiger partial charge < -0.3 is 5.11 Å². The van der Waals surface area contributed by atoms with Gasteiger partial charge in [0.1, 0.15) is 6.10 Å². The van der Waals surface area contributed by atoms with Gasteiger partial charge in [-0.15, -0.1) is 11.3 Å². The number of hydrogen-bond donors (Lipinski definition) is 1. The zero-order valence-electron chi connectivity index (χ0n) is 10.00. The molecule has 0 fully saturated rings. The highest BCUT2D eigenvalue weighted by Crippen LogP contribution is 2.32. The lowest BCUT2D eigenvalue weighted by Gasteiger charge is -2.12. The van der Waals surface area contributed by atoms with Gasteiger partial charge in [0.05, 0.1) is 0 Å². The van der Waals surface area contributed by atoms with E-state index in [4.69, 9.17) is 0 Å². The molecule has 0 saturated heterocycles. The Bertz CT molecular complexity index is 684. The van der Waals surface area contributed by atoms with E-state index in [9.17, 15) is 5.11 Å². The molecule has 0 radical (unpaired) electrons. The lowest BCUT2D eigenvalue weighted by atomic mass is 10.0. The van der Waals surface area contributed by atoms with Gasteiger partial charge in [-0.25, -0.2) is 0 Å². The van der Waals surface area contributed by atoms with E-state index in [2.05, 4.69) is 4.98 Å². The second kappa shape index (κ2) is 4.52. The Morgan fingerprint density at radius 3 is 2.78 bits per heavy atom. The van der Waals surface area contributed by atoms with Crippen LogP contribution in [0.15, 0.2) is 48.1 Å². The summed E-state index contributed by atoms with van der Waals surface area (Å²) in [6, 6.07) is 10.0. The third kappa shape index (κ3) is 1.82. The summed E-state index contributed by atoms with van der Waals surface area (Å²) in [7, 11) is 0. The van der Waals surface area contributed by atoms with E-state index in [0.717, 1.165) is 26.8 Å². The second-order valence-corrected chi connectivity index (χ2v) is 5.27. The molecule has 3 aromatic rings. The van der Waals surface area contributed by atoms with Crippen LogP contribution >= 0.6 is 11.3 Å². The Labute approximate surface area is 110 Å². The van der Waals surface area contributed by atoms with Gasteiger partial charge in [-0.1, -0.05) is 24.3 Å². The summed E-state index contributed by atoms with van der Waals surface area (Å²) >= 11 is 1.58. The third-order valence-corrected chi connectivity index (χ3v) is 4.22. The lowest BCUT2D eigenvalue weighted by molar-refractivity contribution is 0.224.